The molecule has 0 amide bonds. The van der Waals surface area contributed by atoms with Gasteiger partial charge in [-0.15, -0.1) is 0 Å². The largest absolute Gasteiger partial charge is 0.496 e. The summed E-state index contributed by atoms with van der Waals surface area (Å²) in [6.07, 6.45) is 3.02. The minimum atomic E-state index is 0.564. The van der Waals surface area contributed by atoms with Crippen LogP contribution in [0.5, 0.6) is 5.75 Å². The van der Waals surface area contributed by atoms with E-state index in [4.69, 9.17) is 4.74 Å². The minimum Gasteiger partial charge on any atom is -0.496 e. The standard InChI is InChI=1S/C21H28N4O/c1-15-12-23-19(16(2)20(15)26-4)13-24-21(22-3)25-11-10-18(14-25)17-8-6-5-7-9-17/h5-9,12,18H,10-11,13-14H2,1-4H3,(H,22,24). The van der Waals surface area contributed by atoms with E-state index < -0.39 is 0 Å². The molecule has 1 fully saturated rings. The molecule has 1 aliphatic heterocycles. The molecule has 0 aliphatic carbocycles. The molecule has 0 radical (unpaired) electrons. The van der Waals surface area contributed by atoms with Crippen molar-refractivity contribution in [3.63, 3.8) is 0 Å². The van der Waals surface area contributed by atoms with Crippen LogP contribution in [0, 0.1) is 13.8 Å². The van der Waals surface area contributed by atoms with E-state index >= 15 is 0 Å². The van der Waals surface area contributed by atoms with Crippen LogP contribution in [-0.2, 0) is 6.54 Å². The Hall–Kier alpha value is -2.56. The maximum atomic E-state index is 5.50. The van der Waals surface area contributed by atoms with Crippen molar-refractivity contribution in [3.05, 3.63) is 58.9 Å². The van der Waals surface area contributed by atoms with Crippen LogP contribution >= 0.6 is 0 Å². The highest BCUT2D eigenvalue weighted by Crippen LogP contribution is 2.27. The molecule has 0 spiro atoms. The first kappa shape index (κ1) is 18.2. The first-order valence-electron chi connectivity index (χ1n) is 9.13. The number of nitrogens with one attached hydrogen (secondary N) is 1. The van der Waals surface area contributed by atoms with Gasteiger partial charge in [0.1, 0.15) is 5.75 Å². The van der Waals surface area contributed by atoms with Gasteiger partial charge in [-0.05, 0) is 25.8 Å². The SMILES string of the molecule is CN=C(NCc1ncc(C)c(OC)c1C)N1CCC(c2ccccc2)C1. The van der Waals surface area contributed by atoms with Crippen LogP contribution in [0.4, 0.5) is 0 Å². The zero-order chi connectivity index (χ0) is 18.5. The highest BCUT2D eigenvalue weighted by molar-refractivity contribution is 5.80. The lowest BCUT2D eigenvalue weighted by Crippen LogP contribution is -2.39. The van der Waals surface area contributed by atoms with Crippen molar-refractivity contribution in [1.82, 2.24) is 15.2 Å². The second-order valence-electron chi connectivity index (χ2n) is 6.79. The molecule has 1 unspecified atom stereocenters. The van der Waals surface area contributed by atoms with Crippen molar-refractivity contribution in [2.75, 3.05) is 27.2 Å². The summed E-state index contributed by atoms with van der Waals surface area (Å²) in [5.74, 6) is 2.41. The van der Waals surface area contributed by atoms with Gasteiger partial charge in [-0.3, -0.25) is 9.98 Å². The molecule has 26 heavy (non-hydrogen) atoms. The van der Waals surface area contributed by atoms with Crippen LogP contribution < -0.4 is 10.1 Å². The number of aliphatic imine (C=N–C) groups is 1. The fourth-order valence-corrected chi connectivity index (χ4v) is 3.69. The van der Waals surface area contributed by atoms with E-state index in [1.165, 1.54) is 5.56 Å². The molecular formula is C21H28N4O. The van der Waals surface area contributed by atoms with Gasteiger partial charge in [0.05, 0.1) is 19.3 Å². The van der Waals surface area contributed by atoms with E-state index in [0.29, 0.717) is 12.5 Å². The van der Waals surface area contributed by atoms with Gasteiger partial charge in [0.15, 0.2) is 5.96 Å². The number of nitrogens with zero attached hydrogens (tertiary/aromatic N) is 3. The molecule has 3 rings (SSSR count). The molecule has 2 aromatic rings. The lowest BCUT2D eigenvalue weighted by Gasteiger charge is -2.22. The van der Waals surface area contributed by atoms with Crippen LogP contribution in [-0.4, -0.2) is 43.1 Å². The summed E-state index contributed by atoms with van der Waals surface area (Å²) in [4.78, 5) is 11.4. The minimum absolute atomic E-state index is 0.564. The summed E-state index contributed by atoms with van der Waals surface area (Å²) in [6.45, 7) is 6.72. The maximum Gasteiger partial charge on any atom is 0.193 e. The number of ether oxygens (including phenoxy) is 1. The molecule has 1 aromatic heterocycles. The van der Waals surface area contributed by atoms with Gasteiger partial charge in [-0.25, -0.2) is 0 Å². The number of methoxy groups -OCH3 is 1. The maximum absolute atomic E-state index is 5.50. The Kier molecular flexibility index (Phi) is 5.76. The van der Waals surface area contributed by atoms with Crippen molar-refractivity contribution in [2.45, 2.75) is 32.7 Å². The van der Waals surface area contributed by atoms with Crippen LogP contribution in [0.15, 0.2) is 41.5 Å². The van der Waals surface area contributed by atoms with Crippen molar-refractivity contribution in [3.8, 4) is 5.75 Å². The molecule has 1 aromatic carbocycles. The molecular weight excluding hydrogens is 324 g/mol. The predicted octanol–water partition coefficient (Wildman–Crippen LogP) is 3.27. The Balaban J connectivity index is 1.65. The number of benzene rings is 1. The monoisotopic (exact) mass is 352 g/mol. The van der Waals surface area contributed by atoms with E-state index in [1.54, 1.807) is 7.11 Å². The molecule has 1 saturated heterocycles. The van der Waals surface area contributed by atoms with Gasteiger partial charge in [-0.1, -0.05) is 30.3 Å². The second kappa shape index (κ2) is 8.21. The van der Waals surface area contributed by atoms with Gasteiger partial charge in [0, 0.05) is 43.4 Å². The third kappa shape index (κ3) is 3.82. The molecule has 138 valence electrons. The van der Waals surface area contributed by atoms with E-state index in [0.717, 1.165) is 48.0 Å². The van der Waals surface area contributed by atoms with E-state index in [2.05, 4.69) is 57.4 Å². The van der Waals surface area contributed by atoms with Gasteiger partial charge < -0.3 is 15.0 Å². The molecule has 0 bridgehead atoms. The third-order valence-electron chi connectivity index (χ3n) is 5.13. The number of guanidine groups is 1. The summed E-state index contributed by atoms with van der Waals surface area (Å²) >= 11 is 0. The lowest BCUT2D eigenvalue weighted by atomic mass is 9.99. The lowest BCUT2D eigenvalue weighted by molar-refractivity contribution is 0.406. The Morgan fingerprint density at radius 1 is 1.31 bits per heavy atom. The number of likely N-dealkylation sites (tertiary alicyclic amines) is 1. The molecule has 1 N–H and O–H groups in total. The Bertz CT molecular complexity index is 773. The Morgan fingerprint density at radius 2 is 2.08 bits per heavy atom. The fraction of sp³-hybridized carbons (Fsp3) is 0.429. The van der Waals surface area contributed by atoms with Gasteiger partial charge in [-0.2, -0.15) is 0 Å². The summed E-state index contributed by atoms with van der Waals surface area (Å²) < 4.78 is 5.50. The number of hydrogen-bond donors (Lipinski definition) is 1. The van der Waals surface area contributed by atoms with E-state index in [9.17, 15) is 0 Å². The van der Waals surface area contributed by atoms with Gasteiger partial charge in [0.25, 0.3) is 0 Å². The highest BCUT2D eigenvalue weighted by Gasteiger charge is 2.26. The quantitative estimate of drug-likeness (QED) is 0.678. The van der Waals surface area contributed by atoms with E-state index in [-0.39, 0.29) is 0 Å². The van der Waals surface area contributed by atoms with E-state index in [1.807, 2.05) is 20.2 Å². The zero-order valence-electron chi connectivity index (χ0n) is 16.1. The van der Waals surface area contributed by atoms with Crippen LogP contribution in [0.1, 0.15) is 34.7 Å². The fourth-order valence-electron chi connectivity index (χ4n) is 3.69. The molecule has 2 heterocycles. The first-order chi connectivity index (χ1) is 12.6. The van der Waals surface area contributed by atoms with Crippen LogP contribution in [0.3, 0.4) is 0 Å². The van der Waals surface area contributed by atoms with Crippen molar-refractivity contribution < 1.29 is 4.74 Å². The van der Waals surface area contributed by atoms with Gasteiger partial charge >= 0.3 is 0 Å². The van der Waals surface area contributed by atoms with Gasteiger partial charge in [0.2, 0.25) is 0 Å². The Labute approximate surface area is 156 Å². The molecule has 1 aliphatic rings. The normalized spacial score (nSPS) is 17.5. The number of hydrogen-bond acceptors (Lipinski definition) is 3. The number of aromatic nitrogens is 1. The average Bonchev–Trinajstić information content (AvgIpc) is 3.15. The molecule has 5 nitrogen and oxygen atoms in total. The smallest absolute Gasteiger partial charge is 0.193 e. The summed E-state index contributed by atoms with van der Waals surface area (Å²) in [6, 6.07) is 10.7. The third-order valence-corrected chi connectivity index (χ3v) is 5.13. The van der Waals surface area contributed by atoms with Crippen LogP contribution in [0.25, 0.3) is 0 Å². The van der Waals surface area contributed by atoms with Crippen molar-refractivity contribution in [1.29, 1.82) is 0 Å². The van der Waals surface area contributed by atoms with Crippen molar-refractivity contribution in [2.24, 2.45) is 4.99 Å². The topological polar surface area (TPSA) is 49.8 Å². The van der Waals surface area contributed by atoms with Crippen molar-refractivity contribution >= 4 is 5.96 Å². The summed E-state index contributed by atoms with van der Waals surface area (Å²) in [7, 11) is 3.55. The Morgan fingerprint density at radius 3 is 2.77 bits per heavy atom. The predicted molar refractivity (Wildman–Crippen MR) is 106 cm³/mol. The average molecular weight is 352 g/mol. The number of pyridine rings is 1. The highest BCUT2D eigenvalue weighted by atomic mass is 16.5. The summed E-state index contributed by atoms with van der Waals surface area (Å²) in [5.41, 5.74) is 4.54. The first-order valence-corrected chi connectivity index (χ1v) is 9.13. The van der Waals surface area contributed by atoms with Crippen LogP contribution in [0.2, 0.25) is 0 Å². The molecule has 1 atom stereocenters. The second-order valence-corrected chi connectivity index (χ2v) is 6.79. The summed E-state index contributed by atoms with van der Waals surface area (Å²) in [5, 5.41) is 3.47. The zero-order valence-corrected chi connectivity index (χ0v) is 16.1. The number of rotatable bonds is 4. The molecule has 0 saturated carbocycles. The number of aryl methyl sites for hydroxylation is 1. The molecule has 5 heteroatoms.